The number of thioether (sulfide) groups is 1. The van der Waals surface area contributed by atoms with Crippen LogP contribution in [0.3, 0.4) is 0 Å². The average molecular weight is 316 g/mol. The van der Waals surface area contributed by atoms with Crippen LogP contribution in [0.25, 0.3) is 0 Å². The van der Waals surface area contributed by atoms with Gasteiger partial charge >= 0.3 is 5.51 Å². The maximum absolute atomic E-state index is 12.2. The molecule has 0 bridgehead atoms. The number of nitrogens with one attached hydrogen (secondary N) is 1. The van der Waals surface area contributed by atoms with E-state index in [1.54, 1.807) is 24.5 Å². The maximum atomic E-state index is 12.2. The molecule has 2 aromatic rings. The van der Waals surface area contributed by atoms with E-state index in [0.717, 1.165) is 0 Å². The first-order chi connectivity index (χ1) is 9.92. The number of alkyl halides is 3. The van der Waals surface area contributed by atoms with E-state index in [2.05, 4.69) is 5.43 Å². The highest BCUT2D eigenvalue weighted by atomic mass is 32.2. The number of aromatic nitrogens is 1. The van der Waals surface area contributed by atoms with Crippen molar-refractivity contribution in [1.29, 1.82) is 0 Å². The van der Waals surface area contributed by atoms with Crippen molar-refractivity contribution in [2.45, 2.75) is 10.4 Å². The van der Waals surface area contributed by atoms with Crippen LogP contribution in [-0.4, -0.2) is 22.7 Å². The molecule has 1 aromatic heterocycles. The number of rotatable bonds is 5. The van der Waals surface area contributed by atoms with Gasteiger partial charge in [0.2, 0.25) is 0 Å². The number of hydrogen-bond acceptors (Lipinski definition) is 3. The second-order valence-electron chi connectivity index (χ2n) is 3.93. The topological polar surface area (TPSA) is 43.3 Å². The normalized spacial score (nSPS) is 11.2. The fraction of sp³-hybridized carbons (Fsp3) is 0.154. The molecular weight excluding hydrogens is 305 g/mol. The van der Waals surface area contributed by atoms with Crippen LogP contribution in [-0.2, 0) is 4.79 Å². The zero-order chi connectivity index (χ0) is 15.3. The number of halogens is 3. The third-order valence-corrected chi connectivity index (χ3v) is 3.02. The molecular formula is C13H11F3N2O2S. The molecule has 0 radical (unpaired) electrons. The van der Waals surface area contributed by atoms with Gasteiger partial charge in [0.1, 0.15) is 5.75 Å². The molecule has 112 valence electrons. The van der Waals surface area contributed by atoms with E-state index < -0.39 is 5.51 Å². The Kier molecular flexibility index (Phi) is 4.79. The van der Waals surface area contributed by atoms with Gasteiger partial charge in [0.25, 0.3) is 5.91 Å². The van der Waals surface area contributed by atoms with Gasteiger partial charge < -0.3 is 4.74 Å². The van der Waals surface area contributed by atoms with Gasteiger partial charge in [0.05, 0.1) is 0 Å². The van der Waals surface area contributed by atoms with Crippen LogP contribution in [0.5, 0.6) is 5.75 Å². The number of benzene rings is 1. The van der Waals surface area contributed by atoms with E-state index in [4.69, 9.17) is 4.74 Å². The maximum Gasteiger partial charge on any atom is 0.446 e. The number of nitrogens with zero attached hydrogens (tertiary/aromatic N) is 1. The Morgan fingerprint density at radius 1 is 1.19 bits per heavy atom. The van der Waals surface area contributed by atoms with Crippen molar-refractivity contribution in [3.05, 3.63) is 48.8 Å². The molecule has 0 atom stereocenters. The highest BCUT2D eigenvalue weighted by Gasteiger charge is 2.29. The molecule has 0 aliphatic carbocycles. The number of carbonyl (C=O) groups excluding carboxylic acids is 1. The van der Waals surface area contributed by atoms with Gasteiger partial charge in [0.15, 0.2) is 6.61 Å². The lowest BCUT2D eigenvalue weighted by Gasteiger charge is -2.09. The van der Waals surface area contributed by atoms with Gasteiger partial charge in [-0.15, -0.1) is 0 Å². The fourth-order valence-electron chi connectivity index (χ4n) is 1.47. The minimum absolute atomic E-state index is 0.0617. The summed E-state index contributed by atoms with van der Waals surface area (Å²) in [5.74, 6) is -0.0517. The Balaban J connectivity index is 1.82. The van der Waals surface area contributed by atoms with Crippen molar-refractivity contribution in [3.63, 3.8) is 0 Å². The Labute approximate surface area is 122 Å². The summed E-state index contributed by atoms with van der Waals surface area (Å²) in [6.07, 6.45) is 3.31. The van der Waals surface area contributed by atoms with Gasteiger partial charge in [-0.05, 0) is 48.2 Å². The van der Waals surface area contributed by atoms with Crippen LogP contribution in [0.2, 0.25) is 0 Å². The third kappa shape index (κ3) is 5.42. The first kappa shape index (κ1) is 15.3. The molecule has 4 nitrogen and oxygen atoms in total. The number of ether oxygens (including phenoxy) is 1. The van der Waals surface area contributed by atoms with Crippen molar-refractivity contribution in [1.82, 2.24) is 4.68 Å². The summed E-state index contributed by atoms with van der Waals surface area (Å²) in [4.78, 5) is 11.6. The SMILES string of the molecule is O=C(COc1ccc(SC(F)(F)F)cc1)Nn1cccc1. The zero-order valence-corrected chi connectivity index (χ0v) is 11.4. The Morgan fingerprint density at radius 2 is 1.81 bits per heavy atom. The predicted octanol–water partition coefficient (Wildman–Crippen LogP) is 3.25. The van der Waals surface area contributed by atoms with Crippen LogP contribution < -0.4 is 10.2 Å². The molecule has 1 heterocycles. The first-order valence-electron chi connectivity index (χ1n) is 5.84. The third-order valence-electron chi connectivity index (χ3n) is 2.29. The molecule has 0 unspecified atom stereocenters. The lowest BCUT2D eigenvalue weighted by Crippen LogP contribution is -2.26. The number of hydrogen-bond donors (Lipinski definition) is 1. The summed E-state index contributed by atoms with van der Waals surface area (Å²) in [7, 11) is 0. The molecule has 1 N–H and O–H groups in total. The highest BCUT2D eigenvalue weighted by Crippen LogP contribution is 2.37. The van der Waals surface area contributed by atoms with Crippen molar-refractivity contribution in [2.75, 3.05) is 12.0 Å². The van der Waals surface area contributed by atoms with Crippen molar-refractivity contribution < 1.29 is 22.7 Å². The monoisotopic (exact) mass is 316 g/mol. The zero-order valence-electron chi connectivity index (χ0n) is 10.6. The van der Waals surface area contributed by atoms with Gasteiger partial charge in [-0.3, -0.25) is 14.9 Å². The molecule has 8 heteroatoms. The van der Waals surface area contributed by atoms with Crippen LogP contribution in [0.1, 0.15) is 0 Å². The second-order valence-corrected chi connectivity index (χ2v) is 5.07. The number of amides is 1. The average Bonchev–Trinajstić information content (AvgIpc) is 2.89. The van der Waals surface area contributed by atoms with Gasteiger partial charge in [-0.1, -0.05) is 0 Å². The van der Waals surface area contributed by atoms with Gasteiger partial charge in [-0.2, -0.15) is 13.2 Å². The Morgan fingerprint density at radius 3 is 2.38 bits per heavy atom. The van der Waals surface area contributed by atoms with Gasteiger partial charge in [-0.25, -0.2) is 0 Å². The molecule has 1 aromatic carbocycles. The lowest BCUT2D eigenvalue weighted by molar-refractivity contribution is -0.119. The molecule has 1 amide bonds. The van der Waals surface area contributed by atoms with E-state index in [1.807, 2.05) is 0 Å². The largest absolute Gasteiger partial charge is 0.484 e. The molecule has 2 rings (SSSR count). The molecule has 0 spiro atoms. The predicted molar refractivity (Wildman–Crippen MR) is 72.6 cm³/mol. The molecule has 0 saturated heterocycles. The van der Waals surface area contributed by atoms with Crippen molar-refractivity contribution in [3.8, 4) is 5.75 Å². The van der Waals surface area contributed by atoms with E-state index in [-0.39, 0.29) is 29.2 Å². The van der Waals surface area contributed by atoms with Crippen LogP contribution in [0.4, 0.5) is 13.2 Å². The molecule has 21 heavy (non-hydrogen) atoms. The summed E-state index contributed by atoms with van der Waals surface area (Å²) in [5, 5.41) is 0. The second kappa shape index (κ2) is 6.57. The molecule has 0 aliphatic rings. The van der Waals surface area contributed by atoms with E-state index in [1.165, 1.54) is 28.9 Å². The minimum Gasteiger partial charge on any atom is -0.484 e. The van der Waals surface area contributed by atoms with E-state index in [0.29, 0.717) is 5.75 Å². The summed E-state index contributed by atoms with van der Waals surface area (Å²) >= 11 is -0.202. The standard InChI is InChI=1S/C13H11F3N2O2S/c14-13(15,16)21-11-5-3-10(4-6-11)20-9-12(19)17-18-7-1-2-8-18/h1-8H,9H2,(H,17,19). The highest BCUT2D eigenvalue weighted by molar-refractivity contribution is 8.00. The Bertz CT molecular complexity index is 582. The van der Waals surface area contributed by atoms with Gasteiger partial charge in [0, 0.05) is 17.3 Å². The minimum atomic E-state index is -4.32. The summed E-state index contributed by atoms with van der Waals surface area (Å²) < 4.78 is 43.1. The summed E-state index contributed by atoms with van der Waals surface area (Å²) in [6, 6.07) is 8.85. The summed E-state index contributed by atoms with van der Waals surface area (Å²) in [6.45, 7) is -0.232. The molecule has 0 fully saturated rings. The quantitative estimate of drug-likeness (QED) is 0.861. The van der Waals surface area contributed by atoms with Crippen molar-refractivity contribution >= 4 is 17.7 Å². The molecule has 0 saturated carbocycles. The molecule has 0 aliphatic heterocycles. The van der Waals surface area contributed by atoms with Crippen LogP contribution in [0.15, 0.2) is 53.7 Å². The smallest absolute Gasteiger partial charge is 0.446 e. The van der Waals surface area contributed by atoms with E-state index >= 15 is 0 Å². The van der Waals surface area contributed by atoms with Crippen LogP contribution >= 0.6 is 11.8 Å². The Hall–Kier alpha value is -2.09. The lowest BCUT2D eigenvalue weighted by atomic mass is 10.3. The first-order valence-corrected chi connectivity index (χ1v) is 6.65. The van der Waals surface area contributed by atoms with Crippen molar-refractivity contribution in [2.24, 2.45) is 0 Å². The number of carbonyl (C=O) groups is 1. The summed E-state index contributed by atoms with van der Waals surface area (Å²) in [5.41, 5.74) is -1.79. The fourth-order valence-corrected chi connectivity index (χ4v) is 2.01. The van der Waals surface area contributed by atoms with E-state index in [9.17, 15) is 18.0 Å². The van der Waals surface area contributed by atoms with Crippen LogP contribution in [0, 0.1) is 0 Å².